The van der Waals surface area contributed by atoms with Crippen LogP contribution >= 0.6 is 0 Å². The Hall–Kier alpha value is -4.46. The lowest BCUT2D eigenvalue weighted by molar-refractivity contribution is 0.101. The molecule has 0 aliphatic rings. The van der Waals surface area contributed by atoms with Gasteiger partial charge in [-0.1, -0.05) is 12.1 Å². The van der Waals surface area contributed by atoms with E-state index < -0.39 is 17.6 Å². The van der Waals surface area contributed by atoms with Gasteiger partial charge in [-0.05, 0) is 66.7 Å². The van der Waals surface area contributed by atoms with E-state index in [0.29, 0.717) is 16.9 Å². The number of nitrogens with zero attached hydrogens (tertiary/aromatic N) is 2. The van der Waals surface area contributed by atoms with Crippen LogP contribution in [0.5, 0.6) is 5.75 Å². The van der Waals surface area contributed by atoms with E-state index in [1.807, 2.05) is 12.1 Å². The van der Waals surface area contributed by atoms with Crippen LogP contribution in [0.15, 0.2) is 85.1 Å². The number of methoxy groups -OCH3 is 1. The van der Waals surface area contributed by atoms with Crippen molar-refractivity contribution in [2.75, 3.05) is 17.7 Å². The molecule has 7 nitrogen and oxygen atoms in total. The number of anilines is 2. The van der Waals surface area contributed by atoms with Crippen molar-refractivity contribution in [2.24, 2.45) is 0 Å². The molecule has 4 aromatic rings. The number of aromatic nitrogens is 2. The second-order valence-corrected chi connectivity index (χ2v) is 6.84. The number of nitrogens with one attached hydrogen (secondary N) is 2. The molecular formula is C24H19FN4O3. The van der Waals surface area contributed by atoms with Crippen LogP contribution in [-0.2, 0) is 0 Å². The van der Waals surface area contributed by atoms with Gasteiger partial charge in [-0.2, -0.15) is 5.10 Å². The lowest BCUT2D eigenvalue weighted by atomic mass is 10.1. The van der Waals surface area contributed by atoms with Crippen molar-refractivity contribution in [3.05, 3.63) is 102 Å². The van der Waals surface area contributed by atoms with Crippen LogP contribution < -0.4 is 15.4 Å². The summed E-state index contributed by atoms with van der Waals surface area (Å²) in [5.74, 6) is -0.562. The highest BCUT2D eigenvalue weighted by molar-refractivity contribution is 6.06. The normalized spacial score (nSPS) is 10.4. The monoisotopic (exact) mass is 430 g/mol. The number of rotatable bonds is 6. The fourth-order valence-corrected chi connectivity index (χ4v) is 3.03. The van der Waals surface area contributed by atoms with Gasteiger partial charge in [-0.25, -0.2) is 9.07 Å². The second-order valence-electron chi connectivity index (χ2n) is 6.84. The molecule has 4 rings (SSSR count). The summed E-state index contributed by atoms with van der Waals surface area (Å²) in [6.45, 7) is 0. The Labute approximate surface area is 183 Å². The van der Waals surface area contributed by atoms with Gasteiger partial charge in [0.15, 0.2) is 5.69 Å². The minimum absolute atomic E-state index is 0.218. The maximum Gasteiger partial charge on any atom is 0.276 e. The predicted octanol–water partition coefficient (Wildman–Crippen LogP) is 4.52. The van der Waals surface area contributed by atoms with Gasteiger partial charge in [0.25, 0.3) is 11.8 Å². The first-order chi connectivity index (χ1) is 15.5. The van der Waals surface area contributed by atoms with Crippen LogP contribution in [0.25, 0.3) is 5.69 Å². The molecule has 0 fully saturated rings. The third kappa shape index (κ3) is 4.81. The van der Waals surface area contributed by atoms with E-state index in [-0.39, 0.29) is 5.69 Å². The summed E-state index contributed by atoms with van der Waals surface area (Å²) in [6, 6.07) is 20.9. The summed E-state index contributed by atoms with van der Waals surface area (Å²) in [5.41, 5.74) is 2.08. The van der Waals surface area contributed by atoms with E-state index in [0.717, 1.165) is 11.4 Å². The van der Waals surface area contributed by atoms with E-state index in [1.54, 1.807) is 60.5 Å². The molecule has 3 aromatic carbocycles. The molecule has 160 valence electrons. The summed E-state index contributed by atoms with van der Waals surface area (Å²) in [6.07, 6.45) is 1.68. The zero-order chi connectivity index (χ0) is 22.5. The number of benzene rings is 3. The SMILES string of the molecule is COc1ccc(-n2ccc(C(=O)Nc3cccc(C(=O)Nc4cccc(F)c4)c3)n2)cc1. The van der Waals surface area contributed by atoms with Crippen molar-refractivity contribution in [1.82, 2.24) is 9.78 Å². The number of carbonyl (C=O) groups excluding carboxylic acids is 2. The molecule has 2 amide bonds. The van der Waals surface area contributed by atoms with E-state index in [9.17, 15) is 14.0 Å². The van der Waals surface area contributed by atoms with Gasteiger partial charge in [-0.3, -0.25) is 9.59 Å². The third-order valence-electron chi connectivity index (χ3n) is 4.62. The van der Waals surface area contributed by atoms with Gasteiger partial charge in [0.2, 0.25) is 0 Å². The van der Waals surface area contributed by atoms with Crippen LogP contribution in [-0.4, -0.2) is 28.7 Å². The van der Waals surface area contributed by atoms with Crippen molar-refractivity contribution < 1.29 is 18.7 Å². The minimum atomic E-state index is -0.446. The molecular weight excluding hydrogens is 411 g/mol. The van der Waals surface area contributed by atoms with Crippen molar-refractivity contribution in [3.63, 3.8) is 0 Å². The Bertz CT molecular complexity index is 1270. The molecule has 0 aliphatic carbocycles. The van der Waals surface area contributed by atoms with Crippen LogP contribution in [0.2, 0.25) is 0 Å². The lowest BCUT2D eigenvalue weighted by Crippen LogP contribution is -2.15. The van der Waals surface area contributed by atoms with Crippen LogP contribution in [0.4, 0.5) is 15.8 Å². The summed E-state index contributed by atoms with van der Waals surface area (Å²) < 4.78 is 20.0. The Morgan fingerprint density at radius 1 is 0.875 bits per heavy atom. The Morgan fingerprint density at radius 3 is 2.28 bits per heavy atom. The van der Waals surface area contributed by atoms with E-state index in [4.69, 9.17) is 4.74 Å². The molecule has 1 heterocycles. The maximum absolute atomic E-state index is 13.3. The van der Waals surface area contributed by atoms with Gasteiger partial charge >= 0.3 is 0 Å². The molecule has 0 aliphatic heterocycles. The average Bonchev–Trinajstić information content (AvgIpc) is 3.30. The Kier molecular flexibility index (Phi) is 5.94. The highest BCUT2D eigenvalue weighted by Gasteiger charge is 2.13. The summed E-state index contributed by atoms with van der Waals surface area (Å²) >= 11 is 0. The van der Waals surface area contributed by atoms with Crippen LogP contribution in [0.3, 0.4) is 0 Å². The fourth-order valence-electron chi connectivity index (χ4n) is 3.03. The second kappa shape index (κ2) is 9.13. The number of hydrogen-bond acceptors (Lipinski definition) is 4. The standard InChI is InChI=1S/C24H19FN4O3/c1-32-21-10-8-20(9-11-21)29-13-12-22(28-29)24(31)27-18-6-2-4-16(14-18)23(30)26-19-7-3-5-17(25)15-19/h2-15H,1H3,(H,26,30)(H,27,31). The first-order valence-electron chi connectivity index (χ1n) is 9.70. The smallest absolute Gasteiger partial charge is 0.276 e. The Balaban J connectivity index is 1.44. The lowest BCUT2D eigenvalue weighted by Gasteiger charge is -2.08. The number of hydrogen-bond donors (Lipinski definition) is 2. The minimum Gasteiger partial charge on any atom is -0.497 e. The van der Waals surface area contributed by atoms with Crippen molar-refractivity contribution in [1.29, 1.82) is 0 Å². The summed E-state index contributed by atoms with van der Waals surface area (Å²) in [5, 5.41) is 9.66. The molecule has 0 saturated carbocycles. The number of amides is 2. The third-order valence-corrected chi connectivity index (χ3v) is 4.62. The highest BCUT2D eigenvalue weighted by Crippen LogP contribution is 2.17. The summed E-state index contributed by atoms with van der Waals surface area (Å²) in [4.78, 5) is 25.1. The van der Waals surface area contributed by atoms with Crippen molar-refractivity contribution in [2.45, 2.75) is 0 Å². The van der Waals surface area contributed by atoms with Crippen molar-refractivity contribution >= 4 is 23.2 Å². The number of ether oxygens (including phenoxy) is 1. The predicted molar refractivity (Wildman–Crippen MR) is 119 cm³/mol. The molecule has 1 aromatic heterocycles. The molecule has 0 radical (unpaired) electrons. The number of carbonyl (C=O) groups is 2. The molecule has 0 bridgehead atoms. The molecule has 0 atom stereocenters. The molecule has 32 heavy (non-hydrogen) atoms. The van der Waals surface area contributed by atoms with E-state index >= 15 is 0 Å². The topological polar surface area (TPSA) is 85.2 Å². The zero-order valence-electron chi connectivity index (χ0n) is 17.1. The molecule has 0 spiro atoms. The van der Waals surface area contributed by atoms with Gasteiger partial charge in [0.1, 0.15) is 11.6 Å². The highest BCUT2D eigenvalue weighted by atomic mass is 19.1. The van der Waals surface area contributed by atoms with Crippen LogP contribution in [0.1, 0.15) is 20.8 Å². The van der Waals surface area contributed by atoms with Crippen molar-refractivity contribution in [3.8, 4) is 11.4 Å². The van der Waals surface area contributed by atoms with Gasteiger partial charge in [-0.15, -0.1) is 0 Å². The first-order valence-corrected chi connectivity index (χ1v) is 9.70. The Morgan fingerprint density at radius 2 is 1.56 bits per heavy atom. The molecule has 0 unspecified atom stereocenters. The van der Waals surface area contributed by atoms with Gasteiger partial charge in [0, 0.05) is 23.1 Å². The summed E-state index contributed by atoms with van der Waals surface area (Å²) in [7, 11) is 1.59. The quantitative estimate of drug-likeness (QED) is 0.471. The number of halogens is 1. The average molecular weight is 430 g/mol. The molecule has 2 N–H and O–H groups in total. The largest absolute Gasteiger partial charge is 0.497 e. The van der Waals surface area contributed by atoms with Gasteiger partial charge in [0.05, 0.1) is 12.8 Å². The fraction of sp³-hybridized carbons (Fsp3) is 0.0417. The molecule has 0 saturated heterocycles. The zero-order valence-corrected chi connectivity index (χ0v) is 17.1. The van der Waals surface area contributed by atoms with Gasteiger partial charge < -0.3 is 15.4 Å². The first kappa shape index (κ1) is 20.8. The molecule has 8 heteroatoms. The van der Waals surface area contributed by atoms with E-state index in [2.05, 4.69) is 15.7 Å². The maximum atomic E-state index is 13.3. The van der Waals surface area contributed by atoms with Crippen LogP contribution in [0, 0.1) is 5.82 Å². The van der Waals surface area contributed by atoms with E-state index in [1.165, 1.54) is 24.3 Å².